The van der Waals surface area contributed by atoms with Crippen LogP contribution in [0.25, 0.3) is 11.1 Å². The number of ether oxygens (including phenoxy) is 1. The number of nitrogens with one attached hydrogen (secondary N) is 1. The number of hydrogen-bond donors (Lipinski definition) is 2. The van der Waals surface area contributed by atoms with Gasteiger partial charge < -0.3 is 15.2 Å². The van der Waals surface area contributed by atoms with Crippen molar-refractivity contribution in [1.29, 1.82) is 0 Å². The van der Waals surface area contributed by atoms with E-state index >= 15 is 0 Å². The van der Waals surface area contributed by atoms with Crippen LogP contribution < -0.4 is 5.32 Å². The van der Waals surface area contributed by atoms with Crippen molar-refractivity contribution in [3.05, 3.63) is 59.7 Å². The lowest BCUT2D eigenvalue weighted by Crippen LogP contribution is -2.47. The molecule has 2 aromatic rings. The molecule has 28 heavy (non-hydrogen) atoms. The molecule has 0 radical (unpaired) electrons. The highest BCUT2D eigenvalue weighted by molar-refractivity contribution is 5.82. The van der Waals surface area contributed by atoms with Gasteiger partial charge in [-0.05, 0) is 35.1 Å². The lowest BCUT2D eigenvalue weighted by Gasteiger charge is -2.23. The number of alkyl carbamates (subject to hydrolysis) is 1. The highest BCUT2D eigenvalue weighted by atomic mass is 16.5. The van der Waals surface area contributed by atoms with Crippen molar-refractivity contribution in [1.82, 2.24) is 5.32 Å². The minimum absolute atomic E-state index is 0.0676. The molecule has 142 valence electrons. The highest BCUT2D eigenvalue weighted by Crippen LogP contribution is 2.51. The molecular weight excluding hydrogens is 354 g/mol. The van der Waals surface area contributed by atoms with Crippen LogP contribution in [0.3, 0.4) is 0 Å². The summed E-state index contributed by atoms with van der Waals surface area (Å²) in [6, 6.07) is 15.1. The Kier molecular flexibility index (Phi) is 4.56. The number of benzene rings is 2. The number of carboxylic acid groups (broad SMARTS) is 1. The van der Waals surface area contributed by atoms with Crippen LogP contribution in [0, 0.1) is 17.8 Å². The molecule has 1 saturated carbocycles. The van der Waals surface area contributed by atoms with Crippen molar-refractivity contribution in [3.8, 4) is 23.5 Å². The van der Waals surface area contributed by atoms with Gasteiger partial charge in [-0.3, -0.25) is 0 Å². The van der Waals surface area contributed by atoms with E-state index in [0.29, 0.717) is 19.3 Å². The van der Waals surface area contributed by atoms with Gasteiger partial charge in [0.2, 0.25) is 0 Å². The van der Waals surface area contributed by atoms with Gasteiger partial charge in [0.05, 0.1) is 0 Å². The van der Waals surface area contributed by atoms with Crippen molar-refractivity contribution in [2.45, 2.75) is 31.2 Å². The largest absolute Gasteiger partial charge is 0.480 e. The monoisotopic (exact) mass is 375 g/mol. The molecule has 0 saturated heterocycles. The van der Waals surface area contributed by atoms with Gasteiger partial charge in [-0.1, -0.05) is 48.5 Å². The van der Waals surface area contributed by atoms with E-state index in [1.54, 1.807) is 0 Å². The van der Waals surface area contributed by atoms with E-state index < -0.39 is 23.5 Å². The third-order valence-corrected chi connectivity index (χ3v) is 5.81. The standard InChI is InChI=1S/C23H21NO4/c1-2-11-23(12-13-23)20(21(25)26)24-22(27)28-14-19-17-9-5-3-7-15(17)16-8-4-6-10-18(16)19/h1,3-10,19-20H,11-14H2,(H,24,27)(H,25,26)/t20-/m1/s1. The summed E-state index contributed by atoms with van der Waals surface area (Å²) in [5.41, 5.74) is 3.95. The zero-order chi connectivity index (χ0) is 19.7. The Morgan fingerprint density at radius 3 is 2.21 bits per heavy atom. The molecule has 0 spiro atoms. The topological polar surface area (TPSA) is 75.6 Å². The first-order valence-electron chi connectivity index (χ1n) is 9.33. The Morgan fingerprint density at radius 2 is 1.71 bits per heavy atom. The number of hydrogen-bond acceptors (Lipinski definition) is 3. The highest BCUT2D eigenvalue weighted by Gasteiger charge is 2.53. The molecule has 0 aromatic heterocycles. The zero-order valence-electron chi connectivity index (χ0n) is 15.4. The van der Waals surface area contributed by atoms with E-state index in [1.807, 2.05) is 36.4 Å². The number of aliphatic carboxylic acids is 1. The molecule has 5 heteroatoms. The number of fused-ring (bicyclic) bond motifs is 3. The summed E-state index contributed by atoms with van der Waals surface area (Å²) in [4.78, 5) is 24.0. The number of carbonyl (C=O) groups is 2. The fourth-order valence-corrected chi connectivity index (χ4v) is 4.17. The maximum absolute atomic E-state index is 12.4. The Hall–Kier alpha value is -3.26. The molecule has 1 atom stereocenters. The van der Waals surface area contributed by atoms with E-state index in [0.717, 1.165) is 22.3 Å². The predicted octanol–water partition coefficient (Wildman–Crippen LogP) is 3.78. The maximum Gasteiger partial charge on any atom is 0.407 e. The van der Waals surface area contributed by atoms with Crippen LogP contribution in [-0.2, 0) is 9.53 Å². The average molecular weight is 375 g/mol. The van der Waals surface area contributed by atoms with Gasteiger partial charge in [0.1, 0.15) is 12.6 Å². The summed E-state index contributed by atoms with van der Waals surface area (Å²) in [6.45, 7) is 0.147. The first-order chi connectivity index (χ1) is 13.6. The second-order valence-electron chi connectivity index (χ2n) is 7.48. The molecule has 0 heterocycles. The Balaban J connectivity index is 1.47. The second kappa shape index (κ2) is 7.05. The molecule has 2 aliphatic carbocycles. The van der Waals surface area contributed by atoms with E-state index in [9.17, 15) is 14.7 Å². The fourth-order valence-electron chi connectivity index (χ4n) is 4.17. The van der Waals surface area contributed by atoms with Gasteiger partial charge in [0.25, 0.3) is 0 Å². The van der Waals surface area contributed by atoms with Gasteiger partial charge in [-0.15, -0.1) is 12.3 Å². The van der Waals surface area contributed by atoms with Crippen LogP contribution in [-0.4, -0.2) is 29.8 Å². The van der Waals surface area contributed by atoms with Gasteiger partial charge in [-0.25, -0.2) is 9.59 Å². The summed E-state index contributed by atoms with van der Waals surface area (Å²) in [6.07, 6.45) is 6.36. The lowest BCUT2D eigenvalue weighted by atomic mass is 9.93. The minimum atomic E-state index is -1.08. The normalized spacial score (nSPS) is 17.0. The van der Waals surface area contributed by atoms with Gasteiger partial charge >= 0.3 is 12.1 Å². The van der Waals surface area contributed by atoms with E-state index in [2.05, 4.69) is 23.4 Å². The average Bonchev–Trinajstić information content (AvgIpc) is 3.40. The quantitative estimate of drug-likeness (QED) is 0.754. The Morgan fingerprint density at radius 1 is 1.14 bits per heavy atom. The van der Waals surface area contributed by atoms with E-state index in [4.69, 9.17) is 11.2 Å². The smallest absolute Gasteiger partial charge is 0.407 e. The Bertz CT molecular complexity index is 925. The van der Waals surface area contributed by atoms with Crippen molar-refractivity contribution in [2.24, 2.45) is 5.41 Å². The van der Waals surface area contributed by atoms with Crippen LogP contribution in [0.1, 0.15) is 36.3 Å². The zero-order valence-corrected chi connectivity index (χ0v) is 15.4. The number of rotatable bonds is 6. The molecule has 2 N–H and O–H groups in total. The molecule has 0 unspecified atom stereocenters. The summed E-state index contributed by atoms with van der Waals surface area (Å²) in [5, 5.41) is 12.0. The first kappa shape index (κ1) is 18.1. The number of amides is 1. The van der Waals surface area contributed by atoms with Crippen LogP contribution in [0.15, 0.2) is 48.5 Å². The van der Waals surface area contributed by atoms with E-state index in [-0.39, 0.29) is 12.5 Å². The molecule has 5 nitrogen and oxygen atoms in total. The molecule has 2 aromatic carbocycles. The van der Waals surface area contributed by atoms with Crippen molar-refractivity contribution >= 4 is 12.1 Å². The van der Waals surface area contributed by atoms with Crippen molar-refractivity contribution < 1.29 is 19.4 Å². The third kappa shape index (κ3) is 3.11. The van der Waals surface area contributed by atoms with E-state index in [1.165, 1.54) is 0 Å². The van der Waals surface area contributed by atoms with Crippen LogP contribution in [0.5, 0.6) is 0 Å². The molecule has 0 aliphatic heterocycles. The predicted molar refractivity (Wildman–Crippen MR) is 105 cm³/mol. The number of carbonyl (C=O) groups excluding carboxylic acids is 1. The molecular formula is C23H21NO4. The fraction of sp³-hybridized carbons (Fsp3) is 0.304. The van der Waals surface area contributed by atoms with Crippen LogP contribution in [0.2, 0.25) is 0 Å². The molecule has 1 fully saturated rings. The minimum Gasteiger partial charge on any atom is -0.480 e. The van der Waals surface area contributed by atoms with Crippen LogP contribution >= 0.6 is 0 Å². The lowest BCUT2D eigenvalue weighted by molar-refractivity contribution is -0.141. The van der Waals surface area contributed by atoms with Gasteiger partial charge in [0, 0.05) is 17.8 Å². The Labute approximate surface area is 163 Å². The first-order valence-corrected chi connectivity index (χ1v) is 9.33. The number of terminal acetylenes is 1. The van der Waals surface area contributed by atoms with Gasteiger partial charge in [-0.2, -0.15) is 0 Å². The van der Waals surface area contributed by atoms with Crippen molar-refractivity contribution in [3.63, 3.8) is 0 Å². The second-order valence-corrected chi connectivity index (χ2v) is 7.48. The molecule has 1 amide bonds. The molecule has 0 bridgehead atoms. The summed E-state index contributed by atoms with van der Waals surface area (Å²) < 4.78 is 5.46. The maximum atomic E-state index is 12.4. The molecule has 4 rings (SSSR count). The summed E-state index contributed by atoms with van der Waals surface area (Å²) in [5.74, 6) is 1.37. The molecule has 2 aliphatic rings. The number of carboxylic acids is 1. The van der Waals surface area contributed by atoms with Crippen molar-refractivity contribution in [2.75, 3.05) is 6.61 Å². The SMILES string of the molecule is C#CCC1([C@H](NC(=O)OCC2c3ccccc3-c3ccccc32)C(=O)O)CC1. The van der Waals surface area contributed by atoms with Crippen LogP contribution in [0.4, 0.5) is 4.79 Å². The van der Waals surface area contributed by atoms with Gasteiger partial charge in [0.15, 0.2) is 0 Å². The summed E-state index contributed by atoms with van der Waals surface area (Å²) >= 11 is 0. The third-order valence-electron chi connectivity index (χ3n) is 5.81. The summed E-state index contributed by atoms with van der Waals surface area (Å²) in [7, 11) is 0.